The molecule has 0 saturated heterocycles. The van der Waals surface area contributed by atoms with Gasteiger partial charge in [-0.05, 0) is 12.8 Å². The van der Waals surface area contributed by atoms with Crippen LogP contribution < -0.4 is 5.32 Å². The molecule has 1 aromatic rings. The number of nitrogens with one attached hydrogen (secondary N) is 1. The normalized spacial score (nSPS) is 15.8. The average Bonchev–Trinajstić information content (AvgIpc) is 2.98. The predicted molar refractivity (Wildman–Crippen MR) is 56.3 cm³/mol. The maximum atomic E-state index is 4.25. The summed E-state index contributed by atoms with van der Waals surface area (Å²) in [7, 11) is 0. The molecule has 2 rings (SSSR count). The first-order chi connectivity index (χ1) is 6.40. The van der Waals surface area contributed by atoms with Crippen molar-refractivity contribution in [2.24, 2.45) is 0 Å². The Labute approximate surface area is 86.1 Å². The van der Waals surface area contributed by atoms with E-state index in [2.05, 4.69) is 37.3 Å². The number of halogens is 1. The number of anilines is 1. The molecule has 1 heterocycles. The first-order valence-electron chi connectivity index (χ1n) is 4.52. The molecule has 1 aliphatic carbocycles. The van der Waals surface area contributed by atoms with Gasteiger partial charge in [-0.1, -0.05) is 15.9 Å². The van der Waals surface area contributed by atoms with Gasteiger partial charge in [-0.15, -0.1) is 0 Å². The van der Waals surface area contributed by atoms with Gasteiger partial charge in [-0.2, -0.15) is 0 Å². The number of nitrogens with zero attached hydrogens (tertiary/aromatic N) is 2. The zero-order valence-electron chi connectivity index (χ0n) is 7.33. The molecule has 0 amide bonds. The minimum Gasteiger partial charge on any atom is -0.369 e. The molecule has 13 heavy (non-hydrogen) atoms. The Hall–Kier alpha value is -0.640. The van der Waals surface area contributed by atoms with Crippen molar-refractivity contribution in [3.8, 4) is 0 Å². The van der Waals surface area contributed by atoms with Crippen LogP contribution in [0.3, 0.4) is 0 Å². The van der Waals surface area contributed by atoms with Crippen LogP contribution in [0, 0.1) is 0 Å². The van der Waals surface area contributed by atoms with Crippen LogP contribution in [0.15, 0.2) is 12.4 Å². The molecule has 0 unspecified atom stereocenters. The Balaban J connectivity index is 2.03. The van der Waals surface area contributed by atoms with E-state index in [0.29, 0.717) is 5.92 Å². The van der Waals surface area contributed by atoms with Crippen molar-refractivity contribution in [1.82, 2.24) is 9.97 Å². The van der Waals surface area contributed by atoms with Crippen molar-refractivity contribution < 1.29 is 0 Å². The summed E-state index contributed by atoms with van der Waals surface area (Å²) in [6, 6.07) is 2.06. The van der Waals surface area contributed by atoms with Gasteiger partial charge in [0.15, 0.2) is 0 Å². The van der Waals surface area contributed by atoms with E-state index in [9.17, 15) is 0 Å². The number of alkyl halides is 1. The second-order valence-corrected chi connectivity index (χ2v) is 4.01. The van der Waals surface area contributed by atoms with Gasteiger partial charge in [0, 0.05) is 29.6 Å². The van der Waals surface area contributed by atoms with Gasteiger partial charge in [-0.3, -0.25) is 0 Å². The lowest BCUT2D eigenvalue weighted by atomic mass is 10.3. The van der Waals surface area contributed by atoms with E-state index in [-0.39, 0.29) is 0 Å². The maximum Gasteiger partial charge on any atom is 0.129 e. The van der Waals surface area contributed by atoms with Crippen LogP contribution in [0.1, 0.15) is 24.5 Å². The summed E-state index contributed by atoms with van der Waals surface area (Å²) in [5.41, 5.74) is 1.19. The number of hydrogen-bond acceptors (Lipinski definition) is 3. The highest BCUT2D eigenvalue weighted by Crippen LogP contribution is 2.39. The molecule has 1 N–H and O–H groups in total. The molecular formula is C9H12BrN3. The number of hydrogen-bond donors (Lipinski definition) is 1. The Morgan fingerprint density at radius 3 is 3.00 bits per heavy atom. The summed E-state index contributed by atoms with van der Waals surface area (Å²) in [6.07, 6.45) is 4.22. The standard InChI is InChI=1S/C9H12BrN3/c10-3-4-11-9-5-8(7-1-2-7)12-6-13-9/h5-7H,1-4H2,(H,11,12,13). The van der Waals surface area contributed by atoms with Crippen molar-refractivity contribution in [2.75, 3.05) is 17.2 Å². The van der Waals surface area contributed by atoms with Gasteiger partial charge in [0.05, 0.1) is 0 Å². The summed E-state index contributed by atoms with van der Waals surface area (Å²) in [4.78, 5) is 8.39. The van der Waals surface area contributed by atoms with E-state index >= 15 is 0 Å². The topological polar surface area (TPSA) is 37.8 Å². The Bertz CT molecular complexity index is 286. The molecule has 0 aliphatic heterocycles. The highest BCUT2D eigenvalue weighted by Gasteiger charge is 2.25. The summed E-state index contributed by atoms with van der Waals surface area (Å²) < 4.78 is 0. The largest absolute Gasteiger partial charge is 0.369 e. The first-order valence-corrected chi connectivity index (χ1v) is 5.64. The molecule has 1 saturated carbocycles. The fraction of sp³-hybridized carbons (Fsp3) is 0.556. The lowest BCUT2D eigenvalue weighted by Crippen LogP contribution is -2.04. The third kappa shape index (κ3) is 2.40. The highest BCUT2D eigenvalue weighted by atomic mass is 79.9. The second kappa shape index (κ2) is 4.05. The van der Waals surface area contributed by atoms with Crippen molar-refractivity contribution in [1.29, 1.82) is 0 Å². The Morgan fingerprint density at radius 2 is 2.31 bits per heavy atom. The van der Waals surface area contributed by atoms with E-state index in [4.69, 9.17) is 0 Å². The SMILES string of the molecule is BrCCNc1cc(C2CC2)ncn1. The van der Waals surface area contributed by atoms with Crippen molar-refractivity contribution in [3.05, 3.63) is 18.1 Å². The van der Waals surface area contributed by atoms with Crippen LogP contribution >= 0.6 is 15.9 Å². The summed E-state index contributed by atoms with van der Waals surface area (Å²) in [6.45, 7) is 0.904. The molecule has 0 bridgehead atoms. The highest BCUT2D eigenvalue weighted by molar-refractivity contribution is 9.09. The molecule has 3 nitrogen and oxygen atoms in total. The maximum absolute atomic E-state index is 4.25. The van der Waals surface area contributed by atoms with Gasteiger partial charge >= 0.3 is 0 Å². The van der Waals surface area contributed by atoms with Crippen molar-refractivity contribution in [3.63, 3.8) is 0 Å². The molecule has 0 spiro atoms. The zero-order chi connectivity index (χ0) is 9.10. The Kier molecular flexibility index (Phi) is 2.78. The van der Waals surface area contributed by atoms with Crippen molar-refractivity contribution in [2.45, 2.75) is 18.8 Å². The van der Waals surface area contributed by atoms with Gasteiger partial charge in [0.2, 0.25) is 0 Å². The fourth-order valence-corrected chi connectivity index (χ4v) is 1.44. The number of aromatic nitrogens is 2. The van der Waals surface area contributed by atoms with Crippen LogP contribution in [0.5, 0.6) is 0 Å². The molecule has 0 radical (unpaired) electrons. The van der Waals surface area contributed by atoms with Gasteiger partial charge in [0.25, 0.3) is 0 Å². The molecule has 4 heteroatoms. The summed E-state index contributed by atoms with van der Waals surface area (Å²) in [5, 5.41) is 4.16. The molecular weight excluding hydrogens is 230 g/mol. The van der Waals surface area contributed by atoms with Gasteiger partial charge in [-0.25, -0.2) is 9.97 Å². The Morgan fingerprint density at radius 1 is 1.46 bits per heavy atom. The van der Waals surface area contributed by atoms with E-state index in [0.717, 1.165) is 17.7 Å². The molecule has 1 fully saturated rings. The van der Waals surface area contributed by atoms with Crippen LogP contribution in [-0.2, 0) is 0 Å². The second-order valence-electron chi connectivity index (χ2n) is 3.22. The van der Waals surface area contributed by atoms with Crippen LogP contribution in [-0.4, -0.2) is 21.8 Å². The van der Waals surface area contributed by atoms with E-state index in [1.165, 1.54) is 18.5 Å². The lowest BCUT2D eigenvalue weighted by molar-refractivity contribution is 0.982. The van der Waals surface area contributed by atoms with E-state index < -0.39 is 0 Å². The quantitative estimate of drug-likeness (QED) is 0.822. The van der Waals surface area contributed by atoms with Crippen LogP contribution in [0.25, 0.3) is 0 Å². The van der Waals surface area contributed by atoms with Crippen LogP contribution in [0.2, 0.25) is 0 Å². The molecule has 1 aromatic heterocycles. The molecule has 0 aromatic carbocycles. The third-order valence-electron chi connectivity index (χ3n) is 2.08. The molecule has 0 atom stereocenters. The van der Waals surface area contributed by atoms with E-state index in [1.807, 2.05) is 0 Å². The lowest BCUT2D eigenvalue weighted by Gasteiger charge is -2.03. The predicted octanol–water partition coefficient (Wildman–Crippen LogP) is 2.16. The number of rotatable bonds is 4. The van der Waals surface area contributed by atoms with E-state index in [1.54, 1.807) is 6.33 Å². The monoisotopic (exact) mass is 241 g/mol. The fourth-order valence-electron chi connectivity index (χ4n) is 1.25. The van der Waals surface area contributed by atoms with Crippen LogP contribution in [0.4, 0.5) is 5.82 Å². The molecule has 1 aliphatic rings. The zero-order valence-corrected chi connectivity index (χ0v) is 8.92. The summed E-state index contributed by atoms with van der Waals surface area (Å²) >= 11 is 3.36. The third-order valence-corrected chi connectivity index (χ3v) is 2.48. The molecule has 70 valence electrons. The average molecular weight is 242 g/mol. The van der Waals surface area contributed by atoms with Gasteiger partial charge < -0.3 is 5.32 Å². The minimum absolute atomic E-state index is 0.701. The van der Waals surface area contributed by atoms with Crippen molar-refractivity contribution >= 4 is 21.7 Å². The van der Waals surface area contributed by atoms with Gasteiger partial charge in [0.1, 0.15) is 12.1 Å². The smallest absolute Gasteiger partial charge is 0.129 e. The first kappa shape index (κ1) is 8.94. The summed E-state index contributed by atoms with van der Waals surface area (Å²) in [5.74, 6) is 1.64. The minimum atomic E-state index is 0.701.